The molecular formula is C50H54O8. The Morgan fingerprint density at radius 1 is 0.810 bits per heavy atom. The standard InChI is InChI=1S/C50H54O8/c1-30(2)38-22-21-32-15-17-35(18-16-32)27-37(20-19-34-13-10-14-36(26-34)25-33-11-8-7-9-12-33)28-42(52)55-46-44-41(58-50(5,6)47(46)57-48(38)53)24-23-39-40(29-51)43(31(3)4)49(54)56-45(39)44/h7-18,23-24,26,31,37,46-47,51H,19-22,25,27-29H2,1-6H3/t37-,46-,47+/m1/s1. The molecule has 5 aromatic rings. The van der Waals surface area contributed by atoms with E-state index in [-0.39, 0.29) is 23.8 Å². The van der Waals surface area contributed by atoms with Crippen molar-refractivity contribution in [2.75, 3.05) is 0 Å². The van der Waals surface area contributed by atoms with Crippen molar-refractivity contribution < 1.29 is 33.3 Å². The van der Waals surface area contributed by atoms with Gasteiger partial charge >= 0.3 is 17.6 Å². The van der Waals surface area contributed by atoms with Crippen LogP contribution in [0.1, 0.15) is 117 Å². The van der Waals surface area contributed by atoms with E-state index in [0.717, 1.165) is 36.0 Å². The van der Waals surface area contributed by atoms with Gasteiger partial charge in [0.15, 0.2) is 12.2 Å². The topological polar surface area (TPSA) is 112 Å². The number of carbonyl (C=O) groups is 2. The molecule has 0 aliphatic carbocycles. The highest BCUT2D eigenvalue weighted by atomic mass is 16.6. The van der Waals surface area contributed by atoms with E-state index < -0.39 is 42.0 Å². The highest BCUT2D eigenvalue weighted by Gasteiger charge is 2.50. The van der Waals surface area contributed by atoms with E-state index in [1.807, 2.05) is 33.8 Å². The number of allylic oxidation sites excluding steroid dienone is 1. The van der Waals surface area contributed by atoms with E-state index in [9.17, 15) is 19.5 Å². The van der Waals surface area contributed by atoms with Crippen LogP contribution in [-0.4, -0.2) is 28.8 Å². The average molecular weight is 783 g/mol. The van der Waals surface area contributed by atoms with Crippen LogP contribution in [0.2, 0.25) is 0 Å². The van der Waals surface area contributed by atoms with Gasteiger partial charge < -0.3 is 23.7 Å². The Labute approximate surface area is 340 Å². The number of rotatable bonds is 7. The first-order valence-corrected chi connectivity index (χ1v) is 20.5. The van der Waals surface area contributed by atoms with Crippen molar-refractivity contribution >= 4 is 22.9 Å². The third-order valence-electron chi connectivity index (χ3n) is 11.7. The van der Waals surface area contributed by atoms with E-state index in [1.165, 1.54) is 16.7 Å². The van der Waals surface area contributed by atoms with Crippen molar-refractivity contribution in [2.45, 2.75) is 117 Å². The molecule has 0 spiro atoms. The summed E-state index contributed by atoms with van der Waals surface area (Å²) in [5.41, 5.74) is 6.76. The summed E-state index contributed by atoms with van der Waals surface area (Å²) in [7, 11) is 0. The number of hydrogen-bond acceptors (Lipinski definition) is 8. The van der Waals surface area contributed by atoms with Crippen LogP contribution < -0.4 is 10.4 Å². The molecule has 1 aromatic heterocycles. The fraction of sp³-hybridized carbons (Fsp3) is 0.380. The first kappa shape index (κ1) is 40.7. The van der Waals surface area contributed by atoms with Gasteiger partial charge in [-0.2, -0.15) is 0 Å². The zero-order valence-electron chi connectivity index (χ0n) is 34.4. The molecule has 3 aliphatic rings. The van der Waals surface area contributed by atoms with Crippen LogP contribution in [0, 0.1) is 5.92 Å². The van der Waals surface area contributed by atoms with E-state index >= 15 is 0 Å². The summed E-state index contributed by atoms with van der Waals surface area (Å²) < 4.78 is 25.5. The third kappa shape index (κ3) is 8.82. The molecule has 3 atom stereocenters. The minimum Gasteiger partial charge on any atom is -0.483 e. The Balaban J connectivity index is 1.28. The molecule has 302 valence electrons. The molecule has 0 radical (unpaired) electrons. The van der Waals surface area contributed by atoms with Gasteiger partial charge in [-0.1, -0.05) is 98.3 Å². The predicted molar refractivity (Wildman–Crippen MR) is 225 cm³/mol. The number of aryl methyl sites for hydroxylation is 2. The molecule has 1 N–H and O–H groups in total. The summed E-state index contributed by atoms with van der Waals surface area (Å²) in [4.78, 5) is 42.2. The molecule has 0 saturated carbocycles. The van der Waals surface area contributed by atoms with Crippen LogP contribution in [0.25, 0.3) is 11.0 Å². The number of ether oxygens (including phenoxy) is 3. The third-order valence-corrected chi connectivity index (χ3v) is 11.7. The molecule has 0 amide bonds. The second kappa shape index (κ2) is 17.2. The van der Waals surface area contributed by atoms with Gasteiger partial charge in [0.25, 0.3) is 0 Å². The molecule has 4 aromatic carbocycles. The molecule has 8 rings (SSSR count). The van der Waals surface area contributed by atoms with Gasteiger partial charge in [-0.25, -0.2) is 9.59 Å². The smallest absolute Gasteiger partial charge is 0.340 e. The Morgan fingerprint density at radius 3 is 2.22 bits per heavy atom. The Bertz CT molecular complexity index is 2380. The minimum absolute atomic E-state index is 0.0744. The van der Waals surface area contributed by atoms with Crippen molar-refractivity contribution in [1.29, 1.82) is 0 Å². The quantitative estimate of drug-likeness (QED) is 0.0987. The van der Waals surface area contributed by atoms with Crippen LogP contribution in [0.15, 0.2) is 111 Å². The lowest BCUT2D eigenvalue weighted by molar-refractivity contribution is -0.188. The summed E-state index contributed by atoms with van der Waals surface area (Å²) in [6.07, 6.45) is 1.93. The predicted octanol–water partition coefficient (Wildman–Crippen LogP) is 9.83. The fourth-order valence-corrected chi connectivity index (χ4v) is 8.63. The summed E-state index contributed by atoms with van der Waals surface area (Å²) in [5.74, 6) is -0.943. The highest BCUT2D eigenvalue weighted by molar-refractivity contribution is 5.90. The number of hydrogen-bond donors (Lipinski definition) is 1. The molecule has 0 saturated heterocycles. The Morgan fingerprint density at radius 2 is 1.52 bits per heavy atom. The van der Waals surface area contributed by atoms with Crippen molar-refractivity contribution in [3.63, 3.8) is 0 Å². The van der Waals surface area contributed by atoms with Gasteiger partial charge in [0.1, 0.15) is 16.9 Å². The zero-order chi connectivity index (χ0) is 41.1. The lowest BCUT2D eigenvalue weighted by Crippen LogP contribution is -2.52. The maximum atomic E-state index is 14.5. The second-order valence-corrected chi connectivity index (χ2v) is 17.0. The van der Waals surface area contributed by atoms with Crippen molar-refractivity contribution in [1.82, 2.24) is 0 Å². The molecule has 0 unspecified atom stereocenters. The molecule has 2 bridgehead atoms. The van der Waals surface area contributed by atoms with Gasteiger partial charge in [0, 0.05) is 22.9 Å². The van der Waals surface area contributed by atoms with E-state index in [2.05, 4.69) is 72.8 Å². The van der Waals surface area contributed by atoms with Gasteiger partial charge in [-0.15, -0.1) is 0 Å². The van der Waals surface area contributed by atoms with Gasteiger partial charge in [-0.05, 0) is 124 Å². The van der Waals surface area contributed by atoms with E-state index in [0.29, 0.717) is 52.7 Å². The first-order valence-electron chi connectivity index (χ1n) is 20.5. The van der Waals surface area contributed by atoms with Gasteiger partial charge in [0.2, 0.25) is 0 Å². The normalized spacial score (nSPS) is 19.6. The zero-order valence-corrected chi connectivity index (χ0v) is 34.4. The number of aliphatic hydroxyl groups excluding tert-OH is 1. The van der Waals surface area contributed by atoms with Crippen LogP contribution in [0.3, 0.4) is 0 Å². The number of fused-ring (bicyclic) bond motifs is 13. The van der Waals surface area contributed by atoms with Gasteiger partial charge in [-0.3, -0.25) is 4.79 Å². The number of benzene rings is 4. The van der Waals surface area contributed by atoms with Gasteiger partial charge in [0.05, 0.1) is 12.2 Å². The number of esters is 2. The maximum absolute atomic E-state index is 14.5. The monoisotopic (exact) mass is 782 g/mol. The average Bonchev–Trinajstić information content (AvgIpc) is 3.18. The molecule has 8 nitrogen and oxygen atoms in total. The molecular weight excluding hydrogens is 729 g/mol. The van der Waals surface area contributed by atoms with E-state index in [1.54, 1.807) is 26.0 Å². The Hall–Kier alpha value is -5.47. The largest absolute Gasteiger partial charge is 0.483 e. The minimum atomic E-state index is -1.18. The molecule has 3 aliphatic heterocycles. The summed E-state index contributed by atoms with van der Waals surface area (Å²) in [6.45, 7) is 10.7. The second-order valence-electron chi connectivity index (χ2n) is 17.0. The number of carbonyl (C=O) groups excluding carboxylic acids is 2. The summed E-state index contributed by atoms with van der Waals surface area (Å²) >= 11 is 0. The fourth-order valence-electron chi connectivity index (χ4n) is 8.63. The maximum Gasteiger partial charge on any atom is 0.340 e. The lowest BCUT2D eigenvalue weighted by atomic mass is 9.85. The van der Waals surface area contributed by atoms with Crippen LogP contribution in [0.5, 0.6) is 5.75 Å². The molecule has 0 fully saturated rings. The number of aliphatic hydroxyl groups is 1. The Kier molecular flexibility index (Phi) is 12.1. The SMILES string of the molecule is CC(C)=C1CCc2ccc(cc2)C[C@@H](CCc2cccc(Cc3ccccc3)c2)CC(=O)O[C@@H]2c3c(ccc4c(CO)c(C(C)C)c(=O)oc34)OC(C)(C)[C@H]2OC1=O. The van der Waals surface area contributed by atoms with Crippen LogP contribution >= 0.6 is 0 Å². The highest BCUT2D eigenvalue weighted by Crippen LogP contribution is 2.48. The van der Waals surface area contributed by atoms with Crippen molar-refractivity contribution in [3.05, 3.63) is 157 Å². The van der Waals surface area contributed by atoms with E-state index in [4.69, 9.17) is 18.6 Å². The summed E-state index contributed by atoms with van der Waals surface area (Å²) in [5, 5.41) is 11.1. The molecule has 4 heterocycles. The first-order chi connectivity index (χ1) is 27.8. The summed E-state index contributed by atoms with van der Waals surface area (Å²) in [6, 6.07) is 31.0. The van der Waals surface area contributed by atoms with Crippen LogP contribution in [0.4, 0.5) is 0 Å². The molecule has 58 heavy (non-hydrogen) atoms. The van der Waals surface area contributed by atoms with Crippen molar-refractivity contribution in [2.24, 2.45) is 5.92 Å². The lowest BCUT2D eigenvalue weighted by Gasteiger charge is -2.43. The molecule has 8 heteroatoms. The van der Waals surface area contributed by atoms with Crippen molar-refractivity contribution in [3.8, 4) is 5.75 Å². The van der Waals surface area contributed by atoms with Crippen LogP contribution in [-0.2, 0) is 51.4 Å².